The molecule has 9 heteroatoms. The summed E-state index contributed by atoms with van der Waals surface area (Å²) in [4.78, 5) is 2.01. The van der Waals surface area contributed by atoms with Crippen molar-refractivity contribution in [2.45, 2.75) is 38.1 Å². The van der Waals surface area contributed by atoms with E-state index < -0.39 is 23.6 Å². The number of hydrogen-bond acceptors (Lipinski definition) is 6. The van der Waals surface area contributed by atoms with E-state index in [4.69, 9.17) is 4.74 Å². The number of nitrogens with zero attached hydrogens (tertiary/aromatic N) is 3. The molecular formula is C19H20F3N3O3. The van der Waals surface area contributed by atoms with Gasteiger partial charge >= 0.3 is 6.18 Å². The molecule has 0 bridgehead atoms. The van der Waals surface area contributed by atoms with E-state index in [2.05, 4.69) is 10.2 Å². The molecule has 1 saturated heterocycles. The number of phenols is 1. The zero-order chi connectivity index (χ0) is 20.1. The Bertz CT molecular complexity index is 881. The van der Waals surface area contributed by atoms with Crippen LogP contribution < -0.4 is 4.90 Å². The van der Waals surface area contributed by atoms with Crippen LogP contribution in [0.2, 0.25) is 0 Å². The summed E-state index contributed by atoms with van der Waals surface area (Å²) in [5.41, 5.74) is 0.837. The lowest BCUT2D eigenvalue weighted by molar-refractivity contribution is -0.137. The Morgan fingerprint density at radius 3 is 2.68 bits per heavy atom. The number of fused-ring (bicyclic) bond motifs is 1. The zero-order valence-corrected chi connectivity index (χ0v) is 15.2. The van der Waals surface area contributed by atoms with Crippen molar-refractivity contribution < 1.29 is 28.1 Å². The van der Waals surface area contributed by atoms with Gasteiger partial charge in [0.25, 0.3) is 0 Å². The molecule has 2 aromatic rings. The van der Waals surface area contributed by atoms with E-state index >= 15 is 0 Å². The van der Waals surface area contributed by atoms with Crippen molar-refractivity contribution in [2.75, 3.05) is 24.7 Å². The number of rotatable bonds is 2. The number of aliphatic hydroxyl groups is 1. The third-order valence-corrected chi connectivity index (χ3v) is 5.33. The third kappa shape index (κ3) is 3.29. The molecule has 1 aromatic carbocycles. The summed E-state index contributed by atoms with van der Waals surface area (Å²) in [6.45, 7) is 3.02. The average molecular weight is 395 g/mol. The number of anilines is 1. The topological polar surface area (TPSA) is 78.7 Å². The number of hydrogen-bond donors (Lipinski definition) is 2. The van der Waals surface area contributed by atoms with Crippen molar-refractivity contribution in [3.05, 3.63) is 34.9 Å². The van der Waals surface area contributed by atoms with Gasteiger partial charge in [0.05, 0.1) is 30.0 Å². The second-order valence-electron chi connectivity index (χ2n) is 7.21. The minimum atomic E-state index is -4.53. The molecule has 2 N–H and O–H groups in total. The normalized spacial score (nSPS) is 22.4. The number of benzene rings is 1. The van der Waals surface area contributed by atoms with Crippen molar-refractivity contribution in [2.24, 2.45) is 0 Å². The predicted molar refractivity (Wildman–Crippen MR) is 95.2 cm³/mol. The summed E-state index contributed by atoms with van der Waals surface area (Å²) < 4.78 is 44.1. The third-order valence-electron chi connectivity index (χ3n) is 5.33. The first-order chi connectivity index (χ1) is 13.3. The van der Waals surface area contributed by atoms with Crippen molar-refractivity contribution in [1.82, 2.24) is 10.2 Å². The van der Waals surface area contributed by atoms with E-state index in [1.54, 1.807) is 6.07 Å². The lowest BCUT2D eigenvalue weighted by Gasteiger charge is -2.35. The standard InChI is InChI=1S/C19H20F3N3O3/c1-10-6-12(19(20,21)22)8-15(26)17(10)13-7-11-2-4-25(18(11)24-23-13)14-3-5-28-9-16(14)27/h6-8,14,16,26-27H,2-5,9H2,1H3/t14-,16-/m1/s1. The Morgan fingerprint density at radius 1 is 1.21 bits per heavy atom. The molecule has 2 aliphatic rings. The number of aliphatic hydroxyl groups excluding tert-OH is 1. The van der Waals surface area contributed by atoms with Gasteiger partial charge in [-0.1, -0.05) is 0 Å². The number of halogens is 3. The highest BCUT2D eigenvalue weighted by atomic mass is 19.4. The Labute approximate surface area is 159 Å². The first-order valence-corrected chi connectivity index (χ1v) is 9.06. The molecule has 150 valence electrons. The van der Waals surface area contributed by atoms with Crippen molar-refractivity contribution in [3.8, 4) is 17.0 Å². The van der Waals surface area contributed by atoms with Gasteiger partial charge < -0.3 is 19.8 Å². The summed E-state index contributed by atoms with van der Waals surface area (Å²) in [6.07, 6.45) is -3.77. The fourth-order valence-corrected chi connectivity index (χ4v) is 3.98. The lowest BCUT2D eigenvalue weighted by Crippen LogP contribution is -2.48. The van der Waals surface area contributed by atoms with E-state index in [1.807, 2.05) is 4.90 Å². The Kier molecular flexibility index (Phi) is 4.67. The molecule has 0 spiro atoms. The molecule has 0 aliphatic carbocycles. The van der Waals surface area contributed by atoms with Gasteiger partial charge in [-0.05, 0) is 43.5 Å². The van der Waals surface area contributed by atoms with E-state index in [0.29, 0.717) is 43.6 Å². The second kappa shape index (κ2) is 6.89. The maximum atomic E-state index is 12.9. The fourth-order valence-electron chi connectivity index (χ4n) is 3.98. The first-order valence-electron chi connectivity index (χ1n) is 9.06. The first kappa shape index (κ1) is 18.9. The van der Waals surface area contributed by atoms with Gasteiger partial charge in [0.2, 0.25) is 0 Å². The van der Waals surface area contributed by atoms with Crippen LogP contribution in [0.3, 0.4) is 0 Å². The highest BCUT2D eigenvalue weighted by Crippen LogP contribution is 2.40. The van der Waals surface area contributed by atoms with Crippen LogP contribution in [-0.4, -0.2) is 52.3 Å². The monoisotopic (exact) mass is 395 g/mol. The smallest absolute Gasteiger partial charge is 0.416 e. The minimum absolute atomic E-state index is 0.101. The van der Waals surface area contributed by atoms with Crippen LogP contribution in [0.4, 0.5) is 19.0 Å². The maximum absolute atomic E-state index is 12.9. The van der Waals surface area contributed by atoms with Gasteiger partial charge in [0.15, 0.2) is 5.82 Å². The quantitative estimate of drug-likeness (QED) is 0.814. The highest BCUT2D eigenvalue weighted by Gasteiger charge is 2.35. The molecular weight excluding hydrogens is 375 g/mol. The number of ether oxygens (including phenoxy) is 1. The van der Waals surface area contributed by atoms with Crippen molar-refractivity contribution in [1.29, 1.82) is 0 Å². The minimum Gasteiger partial charge on any atom is -0.507 e. The van der Waals surface area contributed by atoms with Crippen LogP contribution in [0.15, 0.2) is 18.2 Å². The molecule has 28 heavy (non-hydrogen) atoms. The number of aryl methyl sites for hydroxylation is 1. The van der Waals surface area contributed by atoms with Crippen LogP contribution in [0.1, 0.15) is 23.1 Å². The SMILES string of the molecule is Cc1cc(C(F)(F)F)cc(O)c1-c1cc2c(nn1)N([C@@H]1CCOC[C@H]1O)CC2. The lowest BCUT2D eigenvalue weighted by atomic mass is 9.99. The summed E-state index contributed by atoms with van der Waals surface area (Å²) in [6, 6.07) is 3.36. The molecule has 1 aromatic heterocycles. The van der Waals surface area contributed by atoms with Gasteiger partial charge in [0.1, 0.15) is 5.75 Å². The number of phenolic OH excluding ortho intramolecular Hbond substituents is 1. The van der Waals surface area contributed by atoms with Gasteiger partial charge in [-0.3, -0.25) is 0 Å². The van der Waals surface area contributed by atoms with Crippen LogP contribution in [0.25, 0.3) is 11.3 Å². The molecule has 3 heterocycles. The van der Waals surface area contributed by atoms with Gasteiger partial charge in [-0.15, -0.1) is 10.2 Å². The Balaban J connectivity index is 1.68. The molecule has 0 unspecified atom stereocenters. The number of aromatic nitrogens is 2. The molecule has 0 amide bonds. The van der Waals surface area contributed by atoms with Crippen LogP contribution in [0.5, 0.6) is 5.75 Å². The summed E-state index contributed by atoms with van der Waals surface area (Å²) in [5.74, 6) is 0.190. The van der Waals surface area contributed by atoms with Crippen molar-refractivity contribution >= 4 is 5.82 Å². The second-order valence-corrected chi connectivity index (χ2v) is 7.21. The van der Waals surface area contributed by atoms with E-state index in [1.165, 1.54) is 6.92 Å². The summed E-state index contributed by atoms with van der Waals surface area (Å²) in [7, 11) is 0. The van der Waals surface area contributed by atoms with Crippen LogP contribution in [0, 0.1) is 6.92 Å². The molecule has 6 nitrogen and oxygen atoms in total. The molecule has 0 saturated carbocycles. The van der Waals surface area contributed by atoms with E-state index in [9.17, 15) is 23.4 Å². The number of aromatic hydroxyl groups is 1. The zero-order valence-electron chi connectivity index (χ0n) is 15.2. The van der Waals surface area contributed by atoms with Crippen molar-refractivity contribution in [3.63, 3.8) is 0 Å². The largest absolute Gasteiger partial charge is 0.507 e. The Hall–Kier alpha value is -2.39. The van der Waals surface area contributed by atoms with Gasteiger partial charge in [-0.25, -0.2) is 0 Å². The fraction of sp³-hybridized carbons (Fsp3) is 0.474. The summed E-state index contributed by atoms with van der Waals surface area (Å²) in [5, 5.41) is 28.8. The Morgan fingerprint density at radius 2 is 2.00 bits per heavy atom. The molecule has 4 rings (SSSR count). The highest BCUT2D eigenvalue weighted by molar-refractivity contribution is 5.73. The predicted octanol–water partition coefficient (Wildman–Crippen LogP) is 2.69. The molecule has 0 radical (unpaired) electrons. The van der Waals surface area contributed by atoms with Gasteiger partial charge in [0, 0.05) is 24.3 Å². The van der Waals surface area contributed by atoms with E-state index in [0.717, 1.165) is 11.6 Å². The van der Waals surface area contributed by atoms with Crippen LogP contribution in [-0.2, 0) is 17.3 Å². The van der Waals surface area contributed by atoms with E-state index in [-0.39, 0.29) is 23.8 Å². The summed E-state index contributed by atoms with van der Waals surface area (Å²) >= 11 is 0. The van der Waals surface area contributed by atoms with Gasteiger partial charge in [-0.2, -0.15) is 13.2 Å². The molecule has 2 aliphatic heterocycles. The average Bonchev–Trinajstić information content (AvgIpc) is 3.04. The molecule has 2 atom stereocenters. The maximum Gasteiger partial charge on any atom is 0.416 e. The number of alkyl halides is 3. The molecule has 1 fully saturated rings. The van der Waals surface area contributed by atoms with Crippen LogP contribution >= 0.6 is 0 Å².